The third kappa shape index (κ3) is 3.31. The fourth-order valence-corrected chi connectivity index (χ4v) is 2.62. The number of ether oxygens (including phenoxy) is 2. The van der Waals surface area contributed by atoms with Gasteiger partial charge in [0, 0.05) is 18.5 Å². The third-order valence-electron chi connectivity index (χ3n) is 4.10. The lowest BCUT2D eigenvalue weighted by Gasteiger charge is -2.39. The van der Waals surface area contributed by atoms with Crippen molar-refractivity contribution in [3.8, 4) is 5.75 Å². The SMILES string of the molecule is COc1cccc(C(=O)O[C@H]2C[C@H](C)N(C)C[C@@H]2C)c1. The molecule has 4 heteroatoms. The summed E-state index contributed by atoms with van der Waals surface area (Å²) in [6.45, 7) is 5.25. The van der Waals surface area contributed by atoms with Crippen LogP contribution in [-0.2, 0) is 4.74 Å². The molecule has 1 aliphatic heterocycles. The van der Waals surface area contributed by atoms with Gasteiger partial charge in [0.2, 0.25) is 0 Å². The molecule has 0 unspecified atom stereocenters. The smallest absolute Gasteiger partial charge is 0.338 e. The number of likely N-dealkylation sites (tertiary alicyclic amines) is 1. The summed E-state index contributed by atoms with van der Waals surface area (Å²) in [4.78, 5) is 14.5. The van der Waals surface area contributed by atoms with E-state index in [1.807, 2.05) is 6.07 Å². The number of carbonyl (C=O) groups excluding carboxylic acids is 1. The molecular formula is C16H23NO3. The maximum atomic E-state index is 12.2. The minimum atomic E-state index is -0.266. The Morgan fingerprint density at radius 1 is 1.35 bits per heavy atom. The van der Waals surface area contributed by atoms with Crippen molar-refractivity contribution in [1.82, 2.24) is 4.90 Å². The van der Waals surface area contributed by atoms with Gasteiger partial charge in [0.15, 0.2) is 0 Å². The number of rotatable bonds is 3. The highest BCUT2D eigenvalue weighted by atomic mass is 16.5. The first kappa shape index (κ1) is 14.9. The van der Waals surface area contributed by atoms with Crippen LogP contribution in [0.1, 0.15) is 30.6 Å². The van der Waals surface area contributed by atoms with Crippen molar-refractivity contribution < 1.29 is 14.3 Å². The van der Waals surface area contributed by atoms with E-state index >= 15 is 0 Å². The number of carbonyl (C=O) groups is 1. The Morgan fingerprint density at radius 3 is 2.80 bits per heavy atom. The molecular weight excluding hydrogens is 254 g/mol. The van der Waals surface area contributed by atoms with Crippen LogP contribution in [-0.4, -0.2) is 43.7 Å². The molecule has 0 radical (unpaired) electrons. The lowest BCUT2D eigenvalue weighted by atomic mass is 9.92. The Bertz CT molecular complexity index is 475. The second-order valence-electron chi connectivity index (χ2n) is 5.68. The summed E-state index contributed by atoms with van der Waals surface area (Å²) >= 11 is 0. The minimum Gasteiger partial charge on any atom is -0.497 e. The van der Waals surface area contributed by atoms with E-state index in [2.05, 4.69) is 25.8 Å². The molecule has 0 amide bonds. The first-order chi connectivity index (χ1) is 9.51. The molecule has 1 saturated heterocycles. The molecule has 1 fully saturated rings. The lowest BCUT2D eigenvalue weighted by molar-refractivity contribution is -0.0196. The van der Waals surface area contributed by atoms with Crippen LogP contribution in [0.5, 0.6) is 5.75 Å². The Morgan fingerprint density at radius 2 is 2.10 bits per heavy atom. The van der Waals surface area contributed by atoms with Crippen LogP contribution < -0.4 is 4.74 Å². The van der Waals surface area contributed by atoms with Crippen LogP contribution in [0.3, 0.4) is 0 Å². The van der Waals surface area contributed by atoms with E-state index in [9.17, 15) is 4.79 Å². The van der Waals surface area contributed by atoms with E-state index in [0.717, 1.165) is 13.0 Å². The van der Waals surface area contributed by atoms with Gasteiger partial charge in [-0.1, -0.05) is 13.0 Å². The van der Waals surface area contributed by atoms with E-state index in [-0.39, 0.29) is 12.1 Å². The van der Waals surface area contributed by atoms with E-state index in [1.54, 1.807) is 25.3 Å². The molecule has 1 aliphatic rings. The van der Waals surface area contributed by atoms with E-state index in [4.69, 9.17) is 9.47 Å². The minimum absolute atomic E-state index is 0.0140. The second kappa shape index (κ2) is 6.27. The third-order valence-corrected chi connectivity index (χ3v) is 4.10. The van der Waals surface area contributed by atoms with E-state index < -0.39 is 0 Å². The van der Waals surface area contributed by atoms with Gasteiger partial charge in [-0.2, -0.15) is 0 Å². The van der Waals surface area contributed by atoms with Gasteiger partial charge in [-0.25, -0.2) is 4.79 Å². The molecule has 0 aliphatic carbocycles. The predicted octanol–water partition coefficient (Wildman–Crippen LogP) is 2.58. The Hall–Kier alpha value is -1.55. The van der Waals surface area contributed by atoms with Gasteiger partial charge < -0.3 is 14.4 Å². The van der Waals surface area contributed by atoms with Gasteiger partial charge in [0.1, 0.15) is 11.9 Å². The number of benzene rings is 1. The van der Waals surface area contributed by atoms with Gasteiger partial charge in [-0.3, -0.25) is 0 Å². The molecule has 3 atom stereocenters. The van der Waals surface area contributed by atoms with Crippen LogP contribution in [0.4, 0.5) is 0 Å². The molecule has 0 saturated carbocycles. The number of hydrogen-bond acceptors (Lipinski definition) is 4. The van der Waals surface area contributed by atoms with Crippen molar-refractivity contribution in [2.45, 2.75) is 32.4 Å². The van der Waals surface area contributed by atoms with Gasteiger partial charge in [0.05, 0.1) is 12.7 Å². The molecule has 0 aromatic heterocycles. The standard InChI is InChI=1S/C16H23NO3/c1-11-10-17(3)12(2)8-15(11)20-16(18)13-6-5-7-14(9-13)19-4/h5-7,9,11-12,15H,8,10H2,1-4H3/t11-,12-,15-/m0/s1. The highest BCUT2D eigenvalue weighted by Gasteiger charge is 2.31. The monoisotopic (exact) mass is 277 g/mol. The molecule has 4 nitrogen and oxygen atoms in total. The zero-order chi connectivity index (χ0) is 14.7. The highest BCUT2D eigenvalue weighted by Crippen LogP contribution is 2.25. The van der Waals surface area contributed by atoms with Crippen molar-refractivity contribution in [2.24, 2.45) is 5.92 Å². The normalized spacial score (nSPS) is 27.1. The summed E-state index contributed by atoms with van der Waals surface area (Å²) in [5.74, 6) is 0.757. The summed E-state index contributed by atoms with van der Waals surface area (Å²) in [5.41, 5.74) is 0.545. The maximum absolute atomic E-state index is 12.2. The number of methoxy groups -OCH3 is 1. The predicted molar refractivity (Wildman–Crippen MR) is 78.1 cm³/mol. The van der Waals surface area contributed by atoms with E-state index in [1.165, 1.54) is 0 Å². The zero-order valence-corrected chi connectivity index (χ0v) is 12.6. The molecule has 0 N–H and O–H groups in total. The van der Waals surface area contributed by atoms with Crippen LogP contribution in [0.2, 0.25) is 0 Å². The quantitative estimate of drug-likeness (QED) is 0.796. The summed E-state index contributed by atoms with van der Waals surface area (Å²) in [6, 6.07) is 7.53. The first-order valence-corrected chi connectivity index (χ1v) is 7.06. The van der Waals surface area contributed by atoms with E-state index in [0.29, 0.717) is 23.3 Å². The molecule has 2 rings (SSSR count). The van der Waals surface area contributed by atoms with Crippen molar-refractivity contribution in [3.63, 3.8) is 0 Å². The number of nitrogens with zero attached hydrogens (tertiary/aromatic N) is 1. The topological polar surface area (TPSA) is 38.8 Å². The highest BCUT2D eigenvalue weighted by molar-refractivity contribution is 5.90. The maximum Gasteiger partial charge on any atom is 0.338 e. The number of esters is 1. The molecule has 0 spiro atoms. The number of piperidine rings is 1. The van der Waals surface area contributed by atoms with Crippen LogP contribution in [0.15, 0.2) is 24.3 Å². The first-order valence-electron chi connectivity index (χ1n) is 7.06. The zero-order valence-electron chi connectivity index (χ0n) is 12.6. The average molecular weight is 277 g/mol. The fraction of sp³-hybridized carbons (Fsp3) is 0.562. The summed E-state index contributed by atoms with van der Waals surface area (Å²) in [6.07, 6.45) is 0.868. The molecule has 0 bridgehead atoms. The van der Waals surface area contributed by atoms with Gasteiger partial charge in [0.25, 0.3) is 0 Å². The van der Waals surface area contributed by atoms with Gasteiger partial charge in [-0.15, -0.1) is 0 Å². The summed E-state index contributed by atoms with van der Waals surface area (Å²) in [7, 11) is 3.70. The largest absolute Gasteiger partial charge is 0.497 e. The average Bonchev–Trinajstić information content (AvgIpc) is 2.44. The second-order valence-corrected chi connectivity index (χ2v) is 5.68. The van der Waals surface area contributed by atoms with Crippen molar-refractivity contribution in [1.29, 1.82) is 0 Å². The Balaban J connectivity index is 2.03. The van der Waals surface area contributed by atoms with Crippen molar-refractivity contribution in [2.75, 3.05) is 20.7 Å². The summed E-state index contributed by atoms with van der Waals surface area (Å²) < 4.78 is 10.8. The van der Waals surface area contributed by atoms with Crippen LogP contribution >= 0.6 is 0 Å². The van der Waals surface area contributed by atoms with Gasteiger partial charge in [-0.05, 0) is 38.6 Å². The molecule has 110 valence electrons. The van der Waals surface area contributed by atoms with Crippen molar-refractivity contribution >= 4 is 5.97 Å². The molecule has 1 aromatic carbocycles. The molecule has 20 heavy (non-hydrogen) atoms. The van der Waals surface area contributed by atoms with Crippen molar-refractivity contribution in [3.05, 3.63) is 29.8 Å². The Labute approximate surface area is 120 Å². The lowest BCUT2D eigenvalue weighted by Crippen LogP contribution is -2.46. The fourth-order valence-electron chi connectivity index (χ4n) is 2.62. The summed E-state index contributed by atoms with van der Waals surface area (Å²) in [5, 5.41) is 0. The molecule has 1 aromatic rings. The van der Waals surface area contributed by atoms with Gasteiger partial charge >= 0.3 is 5.97 Å². The van der Waals surface area contributed by atoms with Crippen LogP contribution in [0, 0.1) is 5.92 Å². The number of hydrogen-bond donors (Lipinski definition) is 0. The molecule has 1 heterocycles. The van der Waals surface area contributed by atoms with Crippen LogP contribution in [0.25, 0.3) is 0 Å². The Kier molecular flexibility index (Phi) is 4.65.